The van der Waals surface area contributed by atoms with E-state index in [9.17, 15) is 0 Å². The van der Waals surface area contributed by atoms with E-state index in [0.29, 0.717) is 6.61 Å². The van der Waals surface area contributed by atoms with Crippen molar-refractivity contribution >= 4 is 0 Å². The summed E-state index contributed by atoms with van der Waals surface area (Å²) in [5.74, 6) is 0.963. The number of ether oxygens (including phenoxy) is 1. The number of pyridine rings is 1. The summed E-state index contributed by atoms with van der Waals surface area (Å²) in [5.41, 5.74) is 10.8. The van der Waals surface area contributed by atoms with Gasteiger partial charge in [-0.05, 0) is 42.2 Å². The van der Waals surface area contributed by atoms with Crippen molar-refractivity contribution in [1.29, 1.82) is 0 Å². The SMILES string of the molecule is Cc1cnccc1-c1cccc2c1C[C@H](N)CO2. The molecule has 3 heteroatoms. The van der Waals surface area contributed by atoms with Gasteiger partial charge in [-0.1, -0.05) is 12.1 Å². The van der Waals surface area contributed by atoms with E-state index in [1.165, 1.54) is 22.3 Å². The summed E-state index contributed by atoms with van der Waals surface area (Å²) in [6.45, 7) is 2.68. The average molecular weight is 240 g/mol. The van der Waals surface area contributed by atoms with E-state index < -0.39 is 0 Å². The Morgan fingerprint density at radius 1 is 1.28 bits per heavy atom. The third kappa shape index (κ3) is 1.87. The normalized spacial score (nSPS) is 18.0. The maximum atomic E-state index is 6.00. The Balaban J connectivity index is 2.16. The molecular weight excluding hydrogens is 224 g/mol. The molecule has 1 aromatic heterocycles. The monoisotopic (exact) mass is 240 g/mol. The molecule has 2 heterocycles. The molecule has 0 bridgehead atoms. The summed E-state index contributed by atoms with van der Waals surface area (Å²) in [7, 11) is 0. The van der Waals surface area contributed by atoms with E-state index >= 15 is 0 Å². The van der Waals surface area contributed by atoms with Crippen LogP contribution in [0.1, 0.15) is 11.1 Å². The van der Waals surface area contributed by atoms with Gasteiger partial charge in [-0.15, -0.1) is 0 Å². The summed E-state index contributed by atoms with van der Waals surface area (Å²) >= 11 is 0. The molecule has 0 radical (unpaired) electrons. The topological polar surface area (TPSA) is 48.1 Å². The van der Waals surface area contributed by atoms with Crippen LogP contribution >= 0.6 is 0 Å². The lowest BCUT2D eigenvalue weighted by Crippen LogP contribution is -2.34. The average Bonchev–Trinajstić information content (AvgIpc) is 2.39. The molecule has 0 spiro atoms. The summed E-state index contributed by atoms with van der Waals surface area (Å²) in [6, 6.07) is 8.31. The van der Waals surface area contributed by atoms with Gasteiger partial charge in [0, 0.05) is 24.0 Å². The van der Waals surface area contributed by atoms with Crippen LogP contribution in [-0.4, -0.2) is 17.6 Å². The lowest BCUT2D eigenvalue weighted by Gasteiger charge is -2.25. The third-order valence-electron chi connectivity index (χ3n) is 3.36. The minimum atomic E-state index is 0.0841. The predicted octanol–water partition coefficient (Wildman–Crippen LogP) is 2.32. The van der Waals surface area contributed by atoms with Gasteiger partial charge in [0.05, 0.1) is 0 Å². The second-order valence-corrected chi connectivity index (χ2v) is 4.75. The first-order valence-corrected chi connectivity index (χ1v) is 6.17. The Hall–Kier alpha value is -1.87. The van der Waals surface area contributed by atoms with Crippen LogP contribution in [0.15, 0.2) is 36.7 Å². The quantitative estimate of drug-likeness (QED) is 0.832. The smallest absolute Gasteiger partial charge is 0.123 e. The molecule has 1 atom stereocenters. The fourth-order valence-electron chi connectivity index (χ4n) is 2.46. The van der Waals surface area contributed by atoms with Crippen LogP contribution in [0.4, 0.5) is 0 Å². The zero-order chi connectivity index (χ0) is 12.5. The molecule has 3 nitrogen and oxygen atoms in total. The van der Waals surface area contributed by atoms with Crippen molar-refractivity contribution < 1.29 is 4.74 Å². The van der Waals surface area contributed by atoms with E-state index in [1.54, 1.807) is 0 Å². The van der Waals surface area contributed by atoms with Crippen molar-refractivity contribution in [2.75, 3.05) is 6.61 Å². The fourth-order valence-corrected chi connectivity index (χ4v) is 2.46. The van der Waals surface area contributed by atoms with E-state index in [0.717, 1.165) is 12.2 Å². The minimum absolute atomic E-state index is 0.0841. The number of aryl methyl sites for hydroxylation is 1. The molecular formula is C15H16N2O. The predicted molar refractivity (Wildman–Crippen MR) is 71.6 cm³/mol. The van der Waals surface area contributed by atoms with Crippen LogP contribution in [0.2, 0.25) is 0 Å². The van der Waals surface area contributed by atoms with E-state index in [2.05, 4.69) is 18.0 Å². The van der Waals surface area contributed by atoms with Crippen molar-refractivity contribution in [2.45, 2.75) is 19.4 Å². The number of hydrogen-bond acceptors (Lipinski definition) is 3. The minimum Gasteiger partial charge on any atom is -0.492 e. The van der Waals surface area contributed by atoms with Crippen molar-refractivity contribution in [2.24, 2.45) is 5.73 Å². The number of aromatic nitrogens is 1. The molecule has 92 valence electrons. The highest BCUT2D eigenvalue weighted by molar-refractivity contribution is 5.72. The number of fused-ring (bicyclic) bond motifs is 1. The first-order chi connectivity index (χ1) is 8.75. The molecule has 1 aliphatic rings. The maximum absolute atomic E-state index is 6.00. The number of rotatable bonds is 1. The summed E-state index contributed by atoms with van der Waals surface area (Å²) < 4.78 is 5.70. The molecule has 2 aromatic rings. The van der Waals surface area contributed by atoms with Gasteiger partial charge in [-0.25, -0.2) is 0 Å². The van der Waals surface area contributed by atoms with Crippen molar-refractivity contribution in [3.8, 4) is 16.9 Å². The Kier molecular flexibility index (Phi) is 2.76. The van der Waals surface area contributed by atoms with Gasteiger partial charge in [-0.2, -0.15) is 0 Å². The molecule has 0 aliphatic carbocycles. The lowest BCUT2D eigenvalue weighted by molar-refractivity contribution is 0.264. The molecule has 0 fully saturated rings. The highest BCUT2D eigenvalue weighted by atomic mass is 16.5. The highest BCUT2D eigenvalue weighted by Gasteiger charge is 2.20. The molecule has 0 amide bonds. The van der Waals surface area contributed by atoms with Crippen LogP contribution in [0, 0.1) is 6.92 Å². The van der Waals surface area contributed by atoms with Gasteiger partial charge in [-0.3, -0.25) is 4.98 Å². The fraction of sp³-hybridized carbons (Fsp3) is 0.267. The third-order valence-corrected chi connectivity index (χ3v) is 3.36. The van der Waals surface area contributed by atoms with Gasteiger partial charge >= 0.3 is 0 Å². The summed E-state index contributed by atoms with van der Waals surface area (Å²) in [6.07, 6.45) is 4.58. The Morgan fingerprint density at radius 2 is 2.17 bits per heavy atom. The molecule has 2 N–H and O–H groups in total. The zero-order valence-corrected chi connectivity index (χ0v) is 10.4. The van der Waals surface area contributed by atoms with Gasteiger partial charge in [0.15, 0.2) is 0 Å². The van der Waals surface area contributed by atoms with Crippen LogP contribution in [0.3, 0.4) is 0 Å². The highest BCUT2D eigenvalue weighted by Crippen LogP contribution is 2.34. The molecule has 3 rings (SSSR count). The van der Waals surface area contributed by atoms with Crippen LogP contribution in [-0.2, 0) is 6.42 Å². The largest absolute Gasteiger partial charge is 0.492 e. The number of nitrogens with zero attached hydrogens (tertiary/aromatic N) is 1. The van der Waals surface area contributed by atoms with Gasteiger partial charge in [0.1, 0.15) is 12.4 Å². The molecule has 1 aromatic carbocycles. The Morgan fingerprint density at radius 3 is 3.00 bits per heavy atom. The van der Waals surface area contributed by atoms with E-state index in [1.807, 2.05) is 30.6 Å². The van der Waals surface area contributed by atoms with Gasteiger partial charge in [0.25, 0.3) is 0 Å². The first kappa shape index (κ1) is 11.2. The second kappa shape index (κ2) is 4.42. The first-order valence-electron chi connectivity index (χ1n) is 6.17. The van der Waals surface area contributed by atoms with Crippen LogP contribution < -0.4 is 10.5 Å². The molecule has 0 saturated heterocycles. The number of hydrogen-bond donors (Lipinski definition) is 1. The lowest BCUT2D eigenvalue weighted by atomic mass is 9.92. The summed E-state index contributed by atoms with van der Waals surface area (Å²) in [5, 5.41) is 0. The second-order valence-electron chi connectivity index (χ2n) is 4.75. The van der Waals surface area contributed by atoms with E-state index in [4.69, 9.17) is 10.5 Å². The van der Waals surface area contributed by atoms with Crippen molar-refractivity contribution in [1.82, 2.24) is 4.98 Å². The zero-order valence-electron chi connectivity index (χ0n) is 10.4. The molecule has 1 aliphatic heterocycles. The molecule has 18 heavy (non-hydrogen) atoms. The van der Waals surface area contributed by atoms with Crippen molar-refractivity contribution in [3.63, 3.8) is 0 Å². The molecule has 0 saturated carbocycles. The van der Waals surface area contributed by atoms with Gasteiger partial charge in [0.2, 0.25) is 0 Å². The standard InChI is InChI=1S/C15H16N2O/c1-10-8-17-6-5-12(10)13-3-2-4-15-14(13)7-11(16)9-18-15/h2-6,8,11H,7,9,16H2,1H3/t11-/m0/s1. The van der Waals surface area contributed by atoms with Crippen LogP contribution in [0.5, 0.6) is 5.75 Å². The number of nitrogens with two attached hydrogens (primary N) is 1. The maximum Gasteiger partial charge on any atom is 0.123 e. The van der Waals surface area contributed by atoms with Gasteiger partial charge < -0.3 is 10.5 Å². The van der Waals surface area contributed by atoms with Crippen molar-refractivity contribution in [3.05, 3.63) is 47.8 Å². The van der Waals surface area contributed by atoms with Crippen LogP contribution in [0.25, 0.3) is 11.1 Å². The summed E-state index contributed by atoms with van der Waals surface area (Å²) in [4.78, 5) is 4.14. The van der Waals surface area contributed by atoms with E-state index in [-0.39, 0.29) is 6.04 Å². The number of benzene rings is 1. The Labute approximate surface area is 107 Å². The molecule has 0 unspecified atom stereocenters. The Bertz CT molecular complexity index is 580.